The number of ether oxygens (including phenoxy) is 1. The van der Waals surface area contributed by atoms with Gasteiger partial charge in [-0.05, 0) is 46.5 Å². The van der Waals surface area contributed by atoms with Gasteiger partial charge in [0, 0.05) is 19.2 Å². The number of likely N-dealkylation sites (tertiary alicyclic amines) is 1. The van der Waals surface area contributed by atoms with Crippen LogP contribution in [0.5, 0.6) is 0 Å². The molecule has 1 amide bonds. The number of hydrogen-bond acceptors (Lipinski definition) is 3. The number of amides is 1. The summed E-state index contributed by atoms with van der Waals surface area (Å²) in [6, 6.07) is 0. The molecule has 1 fully saturated rings. The number of piperidine rings is 1. The van der Waals surface area contributed by atoms with E-state index >= 15 is 0 Å². The Hall–Kier alpha value is -1.52. The number of carbonyl (C=O) groups excluding carboxylic acids is 1. The van der Waals surface area contributed by atoms with Gasteiger partial charge in [0.2, 0.25) is 0 Å². The molecule has 0 spiro atoms. The Balaban J connectivity index is 2.64. The highest BCUT2D eigenvalue weighted by Gasteiger charge is 2.28. The van der Waals surface area contributed by atoms with Gasteiger partial charge in [-0.25, -0.2) is 9.59 Å². The van der Waals surface area contributed by atoms with Gasteiger partial charge in [0.1, 0.15) is 5.60 Å². The molecule has 0 saturated carbocycles. The third-order valence-corrected chi connectivity index (χ3v) is 3.07. The van der Waals surface area contributed by atoms with Crippen LogP contribution in [0.1, 0.15) is 40.5 Å². The molecule has 1 aliphatic heterocycles. The summed E-state index contributed by atoms with van der Waals surface area (Å²) in [5.41, 5.74) is 0.302. The van der Waals surface area contributed by atoms with Crippen molar-refractivity contribution in [3.05, 3.63) is 11.6 Å². The second-order valence-electron chi connectivity index (χ2n) is 5.99. The van der Waals surface area contributed by atoms with Crippen molar-refractivity contribution in [2.75, 3.05) is 13.1 Å². The third kappa shape index (κ3) is 5.32. The van der Waals surface area contributed by atoms with Crippen LogP contribution in [0.15, 0.2) is 11.6 Å². The molecule has 0 radical (unpaired) electrons. The summed E-state index contributed by atoms with van der Waals surface area (Å²) in [5.74, 6) is -0.829. The number of carbonyl (C=O) groups is 2. The minimum Gasteiger partial charge on any atom is -0.478 e. The highest BCUT2D eigenvalue weighted by molar-refractivity contribution is 5.80. The van der Waals surface area contributed by atoms with Crippen LogP contribution in [-0.4, -0.2) is 40.8 Å². The standard InChI is InChI=1S/C14H23NO4/c1-10(8-12(16)17)11-6-5-7-15(9-11)13(18)19-14(2,3)4/h8,11H,5-7,9H2,1-4H3,(H,16,17)/b10-8-/t11-/m1/s1. The smallest absolute Gasteiger partial charge is 0.410 e. The molecule has 0 aromatic rings. The Morgan fingerprint density at radius 3 is 2.53 bits per heavy atom. The van der Waals surface area contributed by atoms with Crippen LogP contribution in [-0.2, 0) is 9.53 Å². The predicted molar refractivity (Wildman–Crippen MR) is 71.9 cm³/mol. The Kier molecular flexibility index (Phi) is 4.97. The Labute approximate surface area is 114 Å². The summed E-state index contributed by atoms with van der Waals surface area (Å²) in [5, 5.41) is 8.76. The quantitative estimate of drug-likeness (QED) is 0.783. The van der Waals surface area contributed by atoms with Crippen LogP contribution >= 0.6 is 0 Å². The Morgan fingerprint density at radius 2 is 2.00 bits per heavy atom. The maximum atomic E-state index is 12.0. The molecule has 0 aliphatic carbocycles. The minimum absolute atomic E-state index is 0.109. The monoisotopic (exact) mass is 269 g/mol. The number of carboxylic acid groups (broad SMARTS) is 1. The van der Waals surface area contributed by atoms with E-state index in [0.29, 0.717) is 13.1 Å². The highest BCUT2D eigenvalue weighted by atomic mass is 16.6. The second kappa shape index (κ2) is 6.08. The fourth-order valence-corrected chi connectivity index (χ4v) is 2.15. The fourth-order valence-electron chi connectivity index (χ4n) is 2.15. The van der Waals surface area contributed by atoms with Gasteiger partial charge in [-0.1, -0.05) is 5.57 Å². The summed E-state index contributed by atoms with van der Waals surface area (Å²) >= 11 is 0. The Morgan fingerprint density at radius 1 is 1.37 bits per heavy atom. The summed E-state index contributed by atoms with van der Waals surface area (Å²) in [7, 11) is 0. The van der Waals surface area contributed by atoms with Crippen molar-refractivity contribution in [2.24, 2.45) is 5.92 Å². The van der Waals surface area contributed by atoms with Crippen molar-refractivity contribution in [1.29, 1.82) is 0 Å². The Bertz CT molecular complexity index is 381. The topological polar surface area (TPSA) is 66.8 Å². The molecule has 1 saturated heterocycles. The van der Waals surface area contributed by atoms with E-state index in [1.54, 1.807) is 11.8 Å². The zero-order valence-corrected chi connectivity index (χ0v) is 12.1. The molecule has 1 N–H and O–H groups in total. The van der Waals surface area contributed by atoms with Crippen LogP contribution in [0, 0.1) is 5.92 Å². The fraction of sp³-hybridized carbons (Fsp3) is 0.714. The molecule has 19 heavy (non-hydrogen) atoms. The lowest BCUT2D eigenvalue weighted by Crippen LogP contribution is -2.43. The normalized spacial score (nSPS) is 21.2. The van der Waals surface area contributed by atoms with E-state index in [1.807, 2.05) is 20.8 Å². The summed E-state index contributed by atoms with van der Waals surface area (Å²) < 4.78 is 5.34. The minimum atomic E-state index is -0.938. The molecule has 0 unspecified atom stereocenters. The molecule has 1 atom stereocenters. The molecule has 5 heteroatoms. The van der Waals surface area contributed by atoms with Gasteiger partial charge in [-0.3, -0.25) is 0 Å². The summed E-state index contributed by atoms with van der Waals surface area (Å²) in [6.07, 6.45) is 2.69. The average Bonchev–Trinajstić information content (AvgIpc) is 2.26. The summed E-state index contributed by atoms with van der Waals surface area (Å²) in [6.45, 7) is 8.51. The molecule has 1 aliphatic rings. The highest BCUT2D eigenvalue weighted by Crippen LogP contribution is 2.24. The molecule has 0 aromatic carbocycles. The zero-order valence-electron chi connectivity index (χ0n) is 12.1. The van der Waals surface area contributed by atoms with Crippen molar-refractivity contribution in [3.63, 3.8) is 0 Å². The van der Waals surface area contributed by atoms with Crippen LogP contribution < -0.4 is 0 Å². The summed E-state index contributed by atoms with van der Waals surface area (Å²) in [4.78, 5) is 24.3. The number of carboxylic acids is 1. The lowest BCUT2D eigenvalue weighted by Gasteiger charge is -2.34. The first kappa shape index (κ1) is 15.5. The van der Waals surface area contributed by atoms with Gasteiger partial charge in [-0.15, -0.1) is 0 Å². The van der Waals surface area contributed by atoms with E-state index in [2.05, 4.69) is 0 Å². The molecule has 0 bridgehead atoms. The SMILES string of the molecule is C/C(=C/C(=O)O)[C@@H]1CCCN(C(=O)OC(C)(C)C)C1. The maximum Gasteiger partial charge on any atom is 0.410 e. The van der Waals surface area contributed by atoms with Gasteiger partial charge in [0.15, 0.2) is 0 Å². The van der Waals surface area contributed by atoms with Crippen LogP contribution in [0.3, 0.4) is 0 Å². The molecule has 108 valence electrons. The van der Waals surface area contributed by atoms with Gasteiger partial charge in [0.05, 0.1) is 0 Å². The van der Waals surface area contributed by atoms with E-state index in [1.165, 1.54) is 6.08 Å². The van der Waals surface area contributed by atoms with E-state index in [4.69, 9.17) is 9.84 Å². The molecule has 1 rings (SSSR count). The molecular weight excluding hydrogens is 246 g/mol. The first-order valence-electron chi connectivity index (χ1n) is 6.58. The lowest BCUT2D eigenvalue weighted by molar-refractivity contribution is -0.131. The number of rotatable bonds is 2. The van der Waals surface area contributed by atoms with E-state index in [0.717, 1.165) is 18.4 Å². The first-order chi connectivity index (χ1) is 8.69. The van der Waals surface area contributed by atoms with E-state index in [9.17, 15) is 9.59 Å². The van der Waals surface area contributed by atoms with Crippen LogP contribution in [0.25, 0.3) is 0 Å². The van der Waals surface area contributed by atoms with Gasteiger partial charge in [-0.2, -0.15) is 0 Å². The zero-order chi connectivity index (χ0) is 14.6. The molecular formula is C14H23NO4. The first-order valence-corrected chi connectivity index (χ1v) is 6.58. The predicted octanol–water partition coefficient (Wildman–Crippen LogP) is 2.66. The van der Waals surface area contributed by atoms with Gasteiger partial charge >= 0.3 is 12.1 Å². The van der Waals surface area contributed by atoms with E-state index < -0.39 is 11.6 Å². The van der Waals surface area contributed by atoms with E-state index in [-0.39, 0.29) is 12.0 Å². The molecule has 5 nitrogen and oxygen atoms in total. The third-order valence-electron chi connectivity index (χ3n) is 3.07. The van der Waals surface area contributed by atoms with Gasteiger partial charge < -0.3 is 14.7 Å². The van der Waals surface area contributed by atoms with Crippen molar-refractivity contribution in [3.8, 4) is 0 Å². The number of nitrogens with zero attached hydrogens (tertiary/aromatic N) is 1. The second-order valence-corrected chi connectivity index (χ2v) is 5.99. The van der Waals surface area contributed by atoms with Crippen molar-refractivity contribution in [1.82, 2.24) is 4.90 Å². The van der Waals surface area contributed by atoms with Crippen molar-refractivity contribution >= 4 is 12.1 Å². The van der Waals surface area contributed by atoms with Crippen LogP contribution in [0.2, 0.25) is 0 Å². The average molecular weight is 269 g/mol. The van der Waals surface area contributed by atoms with Crippen molar-refractivity contribution in [2.45, 2.75) is 46.1 Å². The van der Waals surface area contributed by atoms with Crippen LogP contribution in [0.4, 0.5) is 4.79 Å². The lowest BCUT2D eigenvalue weighted by atomic mass is 9.91. The number of aliphatic carboxylic acids is 1. The number of hydrogen-bond donors (Lipinski definition) is 1. The maximum absolute atomic E-state index is 12.0. The van der Waals surface area contributed by atoms with Crippen molar-refractivity contribution < 1.29 is 19.4 Å². The largest absolute Gasteiger partial charge is 0.478 e. The molecule has 0 aromatic heterocycles. The molecule has 1 heterocycles. The van der Waals surface area contributed by atoms with Gasteiger partial charge in [0.25, 0.3) is 0 Å².